The van der Waals surface area contributed by atoms with Crippen LogP contribution in [0, 0.1) is 0 Å². The Labute approximate surface area is 131 Å². The summed E-state index contributed by atoms with van der Waals surface area (Å²) in [5.74, 6) is -0.363. The monoisotopic (exact) mass is 304 g/mol. The minimum absolute atomic E-state index is 0.0138. The maximum absolute atomic E-state index is 12.3. The molecular formula is C16H24N4O2. The summed E-state index contributed by atoms with van der Waals surface area (Å²) >= 11 is 0. The standard InChI is InChI=1S/C16H24N4O2/c1-19(2)13-6-3-5-12(9-13)14-7-4-8-20(14)16(22)11-18-15(21)10-17/h3,5-6,9,14H,4,7-8,10-11,17H2,1-2H3,(H,18,21). The Kier molecular flexibility index (Phi) is 5.38. The lowest BCUT2D eigenvalue weighted by atomic mass is 10.0. The van der Waals surface area contributed by atoms with Crippen LogP contribution in [-0.2, 0) is 9.59 Å². The van der Waals surface area contributed by atoms with Gasteiger partial charge in [-0.25, -0.2) is 0 Å². The van der Waals surface area contributed by atoms with Crippen LogP contribution in [-0.4, -0.2) is 50.4 Å². The van der Waals surface area contributed by atoms with Crippen LogP contribution in [0.1, 0.15) is 24.4 Å². The lowest BCUT2D eigenvalue weighted by Gasteiger charge is -2.26. The molecule has 1 aliphatic rings. The number of nitrogens with two attached hydrogens (primary N) is 1. The van der Waals surface area contributed by atoms with Crippen molar-refractivity contribution in [3.63, 3.8) is 0 Å². The highest BCUT2D eigenvalue weighted by atomic mass is 16.2. The summed E-state index contributed by atoms with van der Waals surface area (Å²) in [6.07, 6.45) is 1.93. The molecule has 0 aliphatic carbocycles. The first-order chi connectivity index (χ1) is 10.5. The van der Waals surface area contributed by atoms with E-state index >= 15 is 0 Å². The van der Waals surface area contributed by atoms with E-state index in [2.05, 4.69) is 17.4 Å². The van der Waals surface area contributed by atoms with Crippen LogP contribution < -0.4 is 16.0 Å². The van der Waals surface area contributed by atoms with Gasteiger partial charge in [0.2, 0.25) is 11.8 Å². The quantitative estimate of drug-likeness (QED) is 0.830. The molecule has 0 saturated carbocycles. The number of rotatable bonds is 5. The van der Waals surface area contributed by atoms with Gasteiger partial charge in [-0.05, 0) is 30.5 Å². The first kappa shape index (κ1) is 16.3. The number of nitrogens with zero attached hydrogens (tertiary/aromatic N) is 2. The second-order valence-corrected chi connectivity index (χ2v) is 5.72. The number of carbonyl (C=O) groups is 2. The number of benzene rings is 1. The summed E-state index contributed by atoms with van der Waals surface area (Å²) in [6.45, 7) is 0.648. The zero-order valence-corrected chi connectivity index (χ0v) is 13.2. The van der Waals surface area contributed by atoms with Gasteiger partial charge in [0.1, 0.15) is 0 Å². The molecule has 0 radical (unpaired) electrons. The summed E-state index contributed by atoms with van der Waals surface area (Å²) in [7, 11) is 4.00. The van der Waals surface area contributed by atoms with E-state index in [1.165, 1.54) is 0 Å². The molecule has 1 saturated heterocycles. The smallest absolute Gasteiger partial charge is 0.242 e. The number of nitrogens with one attached hydrogen (secondary N) is 1. The van der Waals surface area contributed by atoms with E-state index in [0.29, 0.717) is 0 Å². The lowest BCUT2D eigenvalue weighted by molar-refractivity contribution is -0.133. The Hall–Kier alpha value is -2.08. The Morgan fingerprint density at radius 2 is 2.18 bits per heavy atom. The lowest BCUT2D eigenvalue weighted by Crippen LogP contribution is -2.41. The second-order valence-electron chi connectivity index (χ2n) is 5.72. The zero-order chi connectivity index (χ0) is 16.1. The molecule has 1 aliphatic heterocycles. The van der Waals surface area contributed by atoms with Crippen molar-refractivity contribution in [3.05, 3.63) is 29.8 Å². The Balaban J connectivity index is 2.08. The molecule has 2 rings (SSSR count). The van der Waals surface area contributed by atoms with E-state index in [9.17, 15) is 9.59 Å². The molecule has 1 aromatic rings. The molecule has 6 nitrogen and oxygen atoms in total. The van der Waals surface area contributed by atoms with Crippen LogP contribution in [0.5, 0.6) is 0 Å². The molecule has 120 valence electrons. The van der Waals surface area contributed by atoms with Crippen LogP contribution in [0.25, 0.3) is 0 Å². The predicted octanol–water partition coefficient (Wildman–Crippen LogP) is 0.491. The van der Waals surface area contributed by atoms with Crippen molar-refractivity contribution in [2.24, 2.45) is 5.73 Å². The average Bonchev–Trinajstić information content (AvgIpc) is 3.02. The van der Waals surface area contributed by atoms with Gasteiger partial charge in [0.15, 0.2) is 0 Å². The zero-order valence-electron chi connectivity index (χ0n) is 13.2. The molecule has 1 atom stereocenters. The van der Waals surface area contributed by atoms with Crippen LogP contribution in [0.15, 0.2) is 24.3 Å². The van der Waals surface area contributed by atoms with Gasteiger partial charge in [-0.1, -0.05) is 12.1 Å². The number of anilines is 1. The van der Waals surface area contributed by atoms with Gasteiger partial charge in [0.05, 0.1) is 19.1 Å². The fourth-order valence-electron chi connectivity index (χ4n) is 2.77. The van der Waals surface area contributed by atoms with E-state index in [1.54, 1.807) is 0 Å². The van der Waals surface area contributed by atoms with Crippen LogP contribution in [0.2, 0.25) is 0 Å². The third-order valence-electron chi connectivity index (χ3n) is 3.97. The SMILES string of the molecule is CN(C)c1cccc(C2CCCN2C(=O)CNC(=O)CN)c1. The van der Waals surface area contributed by atoms with E-state index in [1.807, 2.05) is 36.0 Å². The van der Waals surface area contributed by atoms with E-state index in [4.69, 9.17) is 5.73 Å². The van der Waals surface area contributed by atoms with Gasteiger partial charge in [-0.2, -0.15) is 0 Å². The normalized spacial score (nSPS) is 17.4. The fraction of sp³-hybridized carbons (Fsp3) is 0.500. The van der Waals surface area contributed by atoms with Crippen molar-refractivity contribution in [1.82, 2.24) is 10.2 Å². The molecule has 1 heterocycles. The fourth-order valence-corrected chi connectivity index (χ4v) is 2.77. The van der Waals surface area contributed by atoms with Crippen LogP contribution in [0.4, 0.5) is 5.69 Å². The van der Waals surface area contributed by atoms with Gasteiger partial charge < -0.3 is 20.9 Å². The van der Waals surface area contributed by atoms with Crippen LogP contribution >= 0.6 is 0 Å². The van der Waals surface area contributed by atoms with E-state index in [0.717, 1.165) is 30.6 Å². The van der Waals surface area contributed by atoms with Crippen molar-refractivity contribution in [3.8, 4) is 0 Å². The highest BCUT2D eigenvalue weighted by Crippen LogP contribution is 2.33. The first-order valence-corrected chi connectivity index (χ1v) is 7.56. The van der Waals surface area contributed by atoms with Gasteiger partial charge in [-0.3, -0.25) is 9.59 Å². The molecule has 6 heteroatoms. The molecule has 2 amide bonds. The van der Waals surface area contributed by atoms with Crippen LogP contribution in [0.3, 0.4) is 0 Å². The van der Waals surface area contributed by atoms with Crippen molar-refractivity contribution < 1.29 is 9.59 Å². The molecule has 0 bridgehead atoms. The summed E-state index contributed by atoms with van der Waals surface area (Å²) in [5, 5.41) is 2.55. The molecule has 1 aromatic carbocycles. The highest BCUT2D eigenvalue weighted by molar-refractivity contribution is 5.85. The molecular weight excluding hydrogens is 280 g/mol. The van der Waals surface area contributed by atoms with Crippen molar-refractivity contribution >= 4 is 17.5 Å². The summed E-state index contributed by atoms with van der Waals surface area (Å²) in [5.41, 5.74) is 7.49. The van der Waals surface area contributed by atoms with Crippen molar-refractivity contribution in [2.75, 3.05) is 38.6 Å². The molecule has 0 spiro atoms. The Morgan fingerprint density at radius 3 is 2.86 bits per heavy atom. The van der Waals surface area contributed by atoms with Crippen molar-refractivity contribution in [1.29, 1.82) is 0 Å². The third kappa shape index (κ3) is 3.76. The second kappa shape index (κ2) is 7.26. The van der Waals surface area contributed by atoms with Crippen molar-refractivity contribution in [2.45, 2.75) is 18.9 Å². The maximum atomic E-state index is 12.3. The summed E-state index contributed by atoms with van der Waals surface area (Å²) in [4.78, 5) is 27.4. The Bertz CT molecular complexity index is 545. The number of carbonyl (C=O) groups excluding carboxylic acids is 2. The van der Waals surface area contributed by atoms with E-state index in [-0.39, 0.29) is 30.9 Å². The molecule has 0 aromatic heterocycles. The van der Waals surface area contributed by atoms with Gasteiger partial charge in [-0.15, -0.1) is 0 Å². The minimum atomic E-state index is -0.307. The average molecular weight is 304 g/mol. The largest absolute Gasteiger partial charge is 0.378 e. The number of hydrogen-bond donors (Lipinski definition) is 2. The van der Waals surface area contributed by atoms with Gasteiger partial charge >= 0.3 is 0 Å². The van der Waals surface area contributed by atoms with E-state index < -0.39 is 0 Å². The molecule has 1 unspecified atom stereocenters. The summed E-state index contributed by atoms with van der Waals surface area (Å²) in [6, 6.07) is 8.33. The van der Waals surface area contributed by atoms with Gasteiger partial charge in [0, 0.05) is 26.3 Å². The number of likely N-dealkylation sites (tertiary alicyclic amines) is 1. The third-order valence-corrected chi connectivity index (χ3v) is 3.97. The Morgan fingerprint density at radius 1 is 1.41 bits per heavy atom. The van der Waals surface area contributed by atoms with Gasteiger partial charge in [0.25, 0.3) is 0 Å². The highest BCUT2D eigenvalue weighted by Gasteiger charge is 2.29. The number of hydrogen-bond acceptors (Lipinski definition) is 4. The topological polar surface area (TPSA) is 78.7 Å². The molecule has 1 fully saturated rings. The predicted molar refractivity (Wildman–Crippen MR) is 86.5 cm³/mol. The molecule has 3 N–H and O–H groups in total. The summed E-state index contributed by atoms with van der Waals surface area (Å²) < 4.78 is 0. The maximum Gasteiger partial charge on any atom is 0.242 e. The number of amides is 2. The molecule has 22 heavy (non-hydrogen) atoms. The first-order valence-electron chi connectivity index (χ1n) is 7.56. The minimum Gasteiger partial charge on any atom is -0.378 e.